The Morgan fingerprint density at radius 1 is 1.05 bits per heavy atom. The standard InChI is InChI=1S/C17H14N2O/c1-18-17-7-2-4-12-8-9-13(10-15(12)17)16-6-3-5-14(11-20)19-16/h2-11,18H,1H3. The minimum Gasteiger partial charge on any atom is -0.388 e. The molecule has 0 saturated carbocycles. The predicted molar refractivity (Wildman–Crippen MR) is 82.1 cm³/mol. The van der Waals surface area contributed by atoms with E-state index in [1.165, 1.54) is 5.39 Å². The first kappa shape index (κ1) is 12.4. The van der Waals surface area contributed by atoms with Crippen molar-refractivity contribution in [2.24, 2.45) is 0 Å². The quantitative estimate of drug-likeness (QED) is 0.731. The lowest BCUT2D eigenvalue weighted by Gasteiger charge is -2.08. The number of carbonyl (C=O) groups is 1. The first-order valence-corrected chi connectivity index (χ1v) is 6.45. The van der Waals surface area contributed by atoms with Crippen LogP contribution in [0.1, 0.15) is 10.5 Å². The molecule has 0 saturated heterocycles. The summed E-state index contributed by atoms with van der Waals surface area (Å²) in [5, 5.41) is 5.51. The highest BCUT2D eigenvalue weighted by molar-refractivity contribution is 5.96. The van der Waals surface area contributed by atoms with Crippen molar-refractivity contribution in [1.82, 2.24) is 4.98 Å². The molecule has 0 atom stereocenters. The molecule has 0 aliphatic rings. The van der Waals surface area contributed by atoms with Crippen LogP contribution in [0.2, 0.25) is 0 Å². The highest BCUT2D eigenvalue weighted by Gasteiger charge is 2.04. The van der Waals surface area contributed by atoms with Crippen LogP contribution in [0.5, 0.6) is 0 Å². The number of benzene rings is 2. The van der Waals surface area contributed by atoms with E-state index in [0.717, 1.165) is 28.6 Å². The summed E-state index contributed by atoms with van der Waals surface area (Å²) in [6.07, 6.45) is 0.767. The first-order chi connectivity index (χ1) is 9.81. The Kier molecular flexibility index (Phi) is 3.17. The molecule has 0 radical (unpaired) electrons. The normalized spacial score (nSPS) is 10.4. The molecule has 0 spiro atoms. The van der Waals surface area contributed by atoms with Gasteiger partial charge in [0.1, 0.15) is 5.69 Å². The maximum Gasteiger partial charge on any atom is 0.168 e. The molecule has 98 valence electrons. The fraction of sp³-hybridized carbons (Fsp3) is 0.0588. The second-order valence-electron chi connectivity index (χ2n) is 4.56. The summed E-state index contributed by atoms with van der Waals surface area (Å²) in [6, 6.07) is 17.8. The molecular formula is C17H14N2O. The third-order valence-electron chi connectivity index (χ3n) is 3.34. The molecule has 1 heterocycles. The molecule has 0 aliphatic carbocycles. The fourth-order valence-electron chi connectivity index (χ4n) is 2.33. The number of aldehydes is 1. The van der Waals surface area contributed by atoms with Crippen LogP contribution < -0.4 is 5.32 Å². The molecule has 3 rings (SSSR count). The van der Waals surface area contributed by atoms with Crippen LogP contribution in [0.15, 0.2) is 54.6 Å². The van der Waals surface area contributed by atoms with E-state index in [-0.39, 0.29) is 0 Å². The predicted octanol–water partition coefficient (Wildman–Crippen LogP) is 3.76. The lowest BCUT2D eigenvalue weighted by atomic mass is 10.0. The average molecular weight is 262 g/mol. The Hall–Kier alpha value is -2.68. The third-order valence-corrected chi connectivity index (χ3v) is 3.34. The van der Waals surface area contributed by atoms with Gasteiger partial charge in [0.15, 0.2) is 6.29 Å². The minimum absolute atomic E-state index is 0.449. The van der Waals surface area contributed by atoms with Gasteiger partial charge in [0.2, 0.25) is 0 Å². The van der Waals surface area contributed by atoms with Gasteiger partial charge in [-0.3, -0.25) is 4.79 Å². The van der Waals surface area contributed by atoms with Crippen molar-refractivity contribution < 1.29 is 4.79 Å². The van der Waals surface area contributed by atoms with Crippen molar-refractivity contribution in [3.63, 3.8) is 0 Å². The number of nitrogens with one attached hydrogen (secondary N) is 1. The number of hydrogen-bond acceptors (Lipinski definition) is 3. The fourth-order valence-corrected chi connectivity index (χ4v) is 2.33. The summed E-state index contributed by atoms with van der Waals surface area (Å²) in [5.41, 5.74) is 3.34. The maximum atomic E-state index is 10.8. The van der Waals surface area contributed by atoms with Gasteiger partial charge in [0, 0.05) is 23.7 Å². The third kappa shape index (κ3) is 2.14. The number of pyridine rings is 1. The molecule has 3 nitrogen and oxygen atoms in total. The van der Waals surface area contributed by atoms with Crippen molar-refractivity contribution in [2.45, 2.75) is 0 Å². The summed E-state index contributed by atoms with van der Waals surface area (Å²) < 4.78 is 0. The lowest BCUT2D eigenvalue weighted by molar-refractivity contribution is 0.111. The van der Waals surface area contributed by atoms with E-state index in [0.29, 0.717) is 5.69 Å². The summed E-state index contributed by atoms with van der Waals surface area (Å²) in [7, 11) is 1.91. The number of aromatic nitrogens is 1. The number of nitrogens with zero attached hydrogens (tertiary/aromatic N) is 1. The summed E-state index contributed by atoms with van der Waals surface area (Å²) in [4.78, 5) is 15.2. The Morgan fingerprint density at radius 2 is 1.90 bits per heavy atom. The van der Waals surface area contributed by atoms with E-state index in [4.69, 9.17) is 0 Å². The molecule has 1 aromatic heterocycles. The van der Waals surface area contributed by atoms with Crippen LogP contribution >= 0.6 is 0 Å². The number of carbonyl (C=O) groups excluding carboxylic acids is 1. The van der Waals surface area contributed by atoms with Crippen molar-refractivity contribution in [2.75, 3.05) is 12.4 Å². The molecule has 20 heavy (non-hydrogen) atoms. The Bertz CT molecular complexity index is 781. The second-order valence-corrected chi connectivity index (χ2v) is 4.56. The molecule has 3 aromatic rings. The zero-order valence-corrected chi connectivity index (χ0v) is 11.1. The van der Waals surface area contributed by atoms with E-state index >= 15 is 0 Å². The van der Waals surface area contributed by atoms with Gasteiger partial charge in [-0.15, -0.1) is 0 Å². The Labute approximate surface area is 117 Å². The van der Waals surface area contributed by atoms with E-state index in [1.807, 2.05) is 37.4 Å². The van der Waals surface area contributed by atoms with Crippen molar-refractivity contribution in [3.05, 3.63) is 60.3 Å². The first-order valence-electron chi connectivity index (χ1n) is 6.45. The van der Waals surface area contributed by atoms with Crippen molar-refractivity contribution >= 4 is 22.7 Å². The van der Waals surface area contributed by atoms with Crippen molar-refractivity contribution in [3.8, 4) is 11.3 Å². The summed E-state index contributed by atoms with van der Waals surface area (Å²) >= 11 is 0. The van der Waals surface area contributed by atoms with Crippen LogP contribution in [-0.2, 0) is 0 Å². The lowest BCUT2D eigenvalue weighted by Crippen LogP contribution is -1.92. The SMILES string of the molecule is CNc1cccc2ccc(-c3cccc(C=O)n3)cc12. The smallest absolute Gasteiger partial charge is 0.168 e. The number of anilines is 1. The topological polar surface area (TPSA) is 42.0 Å². The van der Waals surface area contributed by atoms with Gasteiger partial charge in [0.05, 0.1) is 5.69 Å². The molecular weight excluding hydrogens is 248 g/mol. The van der Waals surface area contributed by atoms with E-state index in [2.05, 4.69) is 28.5 Å². The maximum absolute atomic E-state index is 10.8. The molecule has 0 aliphatic heterocycles. The number of fused-ring (bicyclic) bond motifs is 1. The van der Waals surface area contributed by atoms with Crippen LogP contribution in [0.25, 0.3) is 22.0 Å². The second kappa shape index (κ2) is 5.13. The van der Waals surface area contributed by atoms with Crippen LogP contribution in [0.4, 0.5) is 5.69 Å². The van der Waals surface area contributed by atoms with Gasteiger partial charge in [-0.1, -0.05) is 30.3 Å². The van der Waals surface area contributed by atoms with Crippen molar-refractivity contribution in [1.29, 1.82) is 0 Å². The van der Waals surface area contributed by atoms with Gasteiger partial charge in [-0.05, 0) is 29.7 Å². The van der Waals surface area contributed by atoms with Gasteiger partial charge in [-0.2, -0.15) is 0 Å². The molecule has 3 heteroatoms. The Balaban J connectivity index is 2.19. The molecule has 0 amide bonds. The molecule has 0 unspecified atom stereocenters. The zero-order chi connectivity index (χ0) is 13.9. The van der Waals surface area contributed by atoms with E-state index in [9.17, 15) is 4.79 Å². The van der Waals surface area contributed by atoms with Crippen LogP contribution in [0, 0.1) is 0 Å². The number of hydrogen-bond donors (Lipinski definition) is 1. The minimum atomic E-state index is 0.449. The van der Waals surface area contributed by atoms with Gasteiger partial charge in [0.25, 0.3) is 0 Å². The van der Waals surface area contributed by atoms with Gasteiger partial charge < -0.3 is 5.32 Å². The van der Waals surface area contributed by atoms with Crippen LogP contribution in [-0.4, -0.2) is 18.3 Å². The largest absolute Gasteiger partial charge is 0.388 e. The van der Waals surface area contributed by atoms with Gasteiger partial charge >= 0.3 is 0 Å². The molecule has 0 bridgehead atoms. The summed E-state index contributed by atoms with van der Waals surface area (Å²) in [5.74, 6) is 0. The van der Waals surface area contributed by atoms with Gasteiger partial charge in [-0.25, -0.2) is 4.98 Å². The highest BCUT2D eigenvalue weighted by atomic mass is 16.1. The molecule has 0 fully saturated rings. The highest BCUT2D eigenvalue weighted by Crippen LogP contribution is 2.28. The molecule has 2 aromatic carbocycles. The zero-order valence-electron chi connectivity index (χ0n) is 11.1. The summed E-state index contributed by atoms with van der Waals surface area (Å²) in [6.45, 7) is 0. The van der Waals surface area contributed by atoms with Crippen LogP contribution in [0.3, 0.4) is 0 Å². The Morgan fingerprint density at radius 3 is 2.70 bits per heavy atom. The monoisotopic (exact) mass is 262 g/mol. The van der Waals surface area contributed by atoms with E-state index in [1.54, 1.807) is 6.07 Å². The number of rotatable bonds is 3. The van der Waals surface area contributed by atoms with E-state index < -0.39 is 0 Å². The molecule has 1 N–H and O–H groups in total. The average Bonchev–Trinajstić information content (AvgIpc) is 2.53.